The smallest absolute Gasteiger partial charge is 0.542 e. The normalized spacial score (nSPS) is 9.85. The van der Waals surface area contributed by atoms with Crippen LogP contribution in [-0.4, -0.2) is 20.7 Å². The number of carboxylic acid groups (broad SMARTS) is 1. The van der Waals surface area contributed by atoms with Gasteiger partial charge in [0, 0.05) is 7.05 Å². The summed E-state index contributed by atoms with van der Waals surface area (Å²) in [6, 6.07) is 0. The summed E-state index contributed by atoms with van der Waals surface area (Å²) in [5, 5.41) is 13.3. The van der Waals surface area contributed by atoms with E-state index in [1.165, 1.54) is 7.05 Å². The van der Waals surface area contributed by atoms with E-state index < -0.39 is 24.0 Å². The van der Waals surface area contributed by atoms with Crippen LogP contribution in [0.5, 0.6) is 0 Å². The Kier molecular flexibility index (Phi) is 4.03. The molecule has 66 valence electrons. The first-order chi connectivity index (χ1) is 5.52. The van der Waals surface area contributed by atoms with Gasteiger partial charge in [-0.1, -0.05) is 0 Å². The molecule has 1 aromatic rings. The molecule has 0 unspecified atom stereocenters. The number of aromatic carboxylic acids is 1. The molecular formula is C5H4F2LiN3O2. The molecule has 0 amide bonds. The van der Waals surface area contributed by atoms with Crippen LogP contribution in [0.25, 0.3) is 0 Å². The fourth-order valence-corrected chi connectivity index (χ4v) is 0.674. The van der Waals surface area contributed by atoms with Crippen molar-refractivity contribution in [3.63, 3.8) is 0 Å². The van der Waals surface area contributed by atoms with Gasteiger partial charge in [-0.05, 0) is 0 Å². The van der Waals surface area contributed by atoms with Gasteiger partial charge in [-0.3, -0.25) is 0 Å². The molecule has 0 spiro atoms. The van der Waals surface area contributed by atoms with Crippen molar-refractivity contribution in [2.24, 2.45) is 7.05 Å². The number of hydrogen-bond donors (Lipinski definition) is 0. The zero-order chi connectivity index (χ0) is 9.30. The number of carboxylic acids is 1. The number of nitrogens with zero attached hydrogens (tertiary/aromatic N) is 3. The Morgan fingerprint density at radius 3 is 2.38 bits per heavy atom. The topological polar surface area (TPSA) is 70.8 Å². The van der Waals surface area contributed by atoms with Crippen LogP contribution in [0.15, 0.2) is 0 Å². The fourth-order valence-electron chi connectivity index (χ4n) is 0.674. The maximum Gasteiger partial charge on any atom is 1.00 e. The van der Waals surface area contributed by atoms with Crippen LogP contribution in [0.3, 0.4) is 0 Å². The standard InChI is InChI=1S/C5H5F2N3O2.Li/c1-10-4(5(11)12)8-3(9-10)2(6)7;/h2H,1H3,(H,11,12);/q;+1/p-1. The second-order valence-corrected chi connectivity index (χ2v) is 2.01. The molecule has 8 heteroatoms. The molecule has 0 aliphatic rings. The van der Waals surface area contributed by atoms with Crippen molar-refractivity contribution in [2.45, 2.75) is 6.43 Å². The van der Waals surface area contributed by atoms with Crippen LogP contribution in [-0.2, 0) is 7.05 Å². The minimum absolute atomic E-state index is 0. The van der Waals surface area contributed by atoms with Crippen LogP contribution >= 0.6 is 0 Å². The molecule has 1 heterocycles. The van der Waals surface area contributed by atoms with Crippen LogP contribution in [0, 0.1) is 0 Å². The first kappa shape index (κ1) is 12.1. The maximum atomic E-state index is 11.9. The summed E-state index contributed by atoms with van der Waals surface area (Å²) in [6.07, 6.45) is -2.87. The van der Waals surface area contributed by atoms with Gasteiger partial charge >= 0.3 is 18.9 Å². The Bertz CT molecular complexity index is 315. The van der Waals surface area contributed by atoms with E-state index in [1.54, 1.807) is 0 Å². The van der Waals surface area contributed by atoms with Gasteiger partial charge in [-0.2, -0.15) is 0 Å². The number of carbonyl (C=O) groups excluding carboxylic acids is 1. The number of carbonyl (C=O) groups is 1. The summed E-state index contributed by atoms with van der Waals surface area (Å²) in [5.74, 6) is -3.04. The second-order valence-electron chi connectivity index (χ2n) is 2.01. The summed E-state index contributed by atoms with van der Waals surface area (Å²) in [6.45, 7) is 0. The quantitative estimate of drug-likeness (QED) is 0.439. The predicted molar refractivity (Wildman–Crippen MR) is 30.3 cm³/mol. The molecule has 0 aliphatic heterocycles. The van der Waals surface area contributed by atoms with E-state index in [-0.39, 0.29) is 18.9 Å². The van der Waals surface area contributed by atoms with Crippen molar-refractivity contribution in [2.75, 3.05) is 0 Å². The number of aromatic nitrogens is 3. The molecule has 0 fully saturated rings. The third-order valence-corrected chi connectivity index (χ3v) is 1.16. The molecule has 0 radical (unpaired) electrons. The van der Waals surface area contributed by atoms with E-state index in [1.807, 2.05) is 0 Å². The van der Waals surface area contributed by atoms with E-state index in [0.29, 0.717) is 0 Å². The number of rotatable bonds is 2. The number of aryl methyl sites for hydroxylation is 1. The van der Waals surface area contributed by atoms with Crippen molar-refractivity contribution in [3.8, 4) is 0 Å². The predicted octanol–water partition coefficient (Wildman–Crippen LogP) is -3.88. The molecule has 1 rings (SSSR count). The Hall–Kier alpha value is -0.933. The molecule has 0 saturated heterocycles. The average molecular weight is 183 g/mol. The molecule has 1 aromatic heterocycles. The van der Waals surface area contributed by atoms with Crippen molar-refractivity contribution in [3.05, 3.63) is 11.6 Å². The molecule has 0 N–H and O–H groups in total. The van der Waals surface area contributed by atoms with E-state index >= 15 is 0 Å². The van der Waals surface area contributed by atoms with Gasteiger partial charge in [0.25, 0.3) is 6.43 Å². The van der Waals surface area contributed by atoms with Gasteiger partial charge in [0.15, 0.2) is 5.82 Å². The number of halogens is 2. The Balaban J connectivity index is 0.00000144. The molecule has 13 heavy (non-hydrogen) atoms. The van der Waals surface area contributed by atoms with Crippen LogP contribution < -0.4 is 24.0 Å². The molecule has 0 saturated carbocycles. The van der Waals surface area contributed by atoms with E-state index in [4.69, 9.17) is 0 Å². The van der Waals surface area contributed by atoms with Crippen LogP contribution in [0.2, 0.25) is 0 Å². The summed E-state index contributed by atoms with van der Waals surface area (Å²) in [7, 11) is 1.20. The van der Waals surface area contributed by atoms with Crippen LogP contribution in [0.4, 0.5) is 8.78 Å². The Morgan fingerprint density at radius 1 is 1.62 bits per heavy atom. The maximum absolute atomic E-state index is 11.9. The first-order valence-corrected chi connectivity index (χ1v) is 2.92. The Labute approximate surface area is 83.9 Å². The Morgan fingerprint density at radius 2 is 2.15 bits per heavy atom. The molecule has 0 atom stereocenters. The van der Waals surface area contributed by atoms with Crippen molar-refractivity contribution < 1.29 is 37.5 Å². The SMILES string of the molecule is Cn1nc(C(F)F)nc1C(=O)[O-].[Li+]. The van der Waals surface area contributed by atoms with Crippen molar-refractivity contribution in [1.29, 1.82) is 0 Å². The first-order valence-electron chi connectivity index (χ1n) is 2.92. The molecule has 0 aromatic carbocycles. The summed E-state index contributed by atoms with van der Waals surface area (Å²) in [4.78, 5) is 13.2. The van der Waals surface area contributed by atoms with Crippen LogP contribution in [0.1, 0.15) is 22.9 Å². The second kappa shape index (κ2) is 4.34. The van der Waals surface area contributed by atoms with E-state index in [0.717, 1.165) is 4.68 Å². The summed E-state index contributed by atoms with van der Waals surface area (Å²) < 4.78 is 24.5. The zero-order valence-electron chi connectivity index (χ0n) is 6.99. The fraction of sp³-hybridized carbons (Fsp3) is 0.400. The van der Waals surface area contributed by atoms with Gasteiger partial charge in [0.1, 0.15) is 5.97 Å². The molecule has 0 bridgehead atoms. The summed E-state index contributed by atoms with van der Waals surface area (Å²) >= 11 is 0. The average Bonchev–Trinajstić information content (AvgIpc) is 2.30. The third-order valence-electron chi connectivity index (χ3n) is 1.16. The minimum Gasteiger partial charge on any atom is -0.542 e. The summed E-state index contributed by atoms with van der Waals surface area (Å²) in [5.41, 5.74) is 0. The largest absolute Gasteiger partial charge is 1.00 e. The third kappa shape index (κ3) is 2.50. The van der Waals surface area contributed by atoms with Gasteiger partial charge < -0.3 is 9.90 Å². The molecule has 5 nitrogen and oxygen atoms in total. The van der Waals surface area contributed by atoms with Crippen molar-refractivity contribution in [1.82, 2.24) is 14.8 Å². The number of hydrogen-bond acceptors (Lipinski definition) is 4. The monoisotopic (exact) mass is 183 g/mol. The minimum atomic E-state index is -2.87. The van der Waals surface area contributed by atoms with Gasteiger partial charge in [0.05, 0.1) is 0 Å². The van der Waals surface area contributed by atoms with Gasteiger partial charge in [0.2, 0.25) is 5.82 Å². The van der Waals surface area contributed by atoms with Gasteiger partial charge in [-0.25, -0.2) is 18.4 Å². The van der Waals surface area contributed by atoms with Crippen molar-refractivity contribution >= 4 is 5.97 Å². The van der Waals surface area contributed by atoms with Gasteiger partial charge in [-0.15, -0.1) is 5.10 Å². The zero-order valence-corrected chi connectivity index (χ0v) is 6.99. The van der Waals surface area contributed by atoms with E-state index in [2.05, 4.69) is 10.1 Å². The number of alkyl halides is 2. The van der Waals surface area contributed by atoms with E-state index in [9.17, 15) is 18.7 Å². The molecule has 0 aliphatic carbocycles. The molecular weight excluding hydrogens is 179 g/mol.